The van der Waals surface area contributed by atoms with Crippen LogP contribution in [0.2, 0.25) is 0 Å². The zero-order valence-corrected chi connectivity index (χ0v) is 8.70. The van der Waals surface area contributed by atoms with Crippen molar-refractivity contribution in [2.45, 2.75) is 51.0 Å². The van der Waals surface area contributed by atoms with Gasteiger partial charge in [0, 0.05) is 5.56 Å². The molecule has 1 aromatic heterocycles. The lowest BCUT2D eigenvalue weighted by Gasteiger charge is -2.21. The maximum atomic E-state index is 5.83. The average molecular weight is 194 g/mol. The number of hydrogen-bond donors (Lipinski definition) is 1. The van der Waals surface area contributed by atoms with Crippen LogP contribution in [0.5, 0.6) is 0 Å². The summed E-state index contributed by atoms with van der Waals surface area (Å²) in [7, 11) is 0. The highest BCUT2D eigenvalue weighted by Crippen LogP contribution is 2.35. The molecule has 0 spiro atoms. The molecule has 2 rings (SSSR count). The third kappa shape index (κ3) is 1.82. The number of rotatable bonds is 2. The smallest absolute Gasteiger partial charge is 0.156 e. The van der Waals surface area contributed by atoms with E-state index < -0.39 is 0 Å². The van der Waals surface area contributed by atoms with Crippen LogP contribution in [0.25, 0.3) is 0 Å². The molecule has 1 unspecified atom stereocenters. The lowest BCUT2D eigenvalue weighted by atomic mass is 9.84. The Morgan fingerprint density at radius 2 is 2.14 bits per heavy atom. The summed E-state index contributed by atoms with van der Waals surface area (Å²) < 4.78 is 5.20. The van der Waals surface area contributed by atoms with Crippen molar-refractivity contribution < 1.29 is 4.52 Å². The Hall–Kier alpha value is -0.830. The average Bonchev–Trinajstić information content (AvgIpc) is 2.67. The van der Waals surface area contributed by atoms with Gasteiger partial charge >= 0.3 is 0 Å². The molecule has 1 aromatic rings. The predicted molar refractivity (Wildman–Crippen MR) is 54.9 cm³/mol. The van der Waals surface area contributed by atoms with Gasteiger partial charge in [0.1, 0.15) is 0 Å². The third-order valence-corrected chi connectivity index (χ3v) is 3.09. The molecule has 3 nitrogen and oxygen atoms in total. The SMILES string of the molecule is CC(N)c1oncc1C1CCCCC1. The molecule has 0 radical (unpaired) electrons. The number of nitrogens with two attached hydrogens (primary N) is 1. The van der Waals surface area contributed by atoms with Gasteiger partial charge in [-0.3, -0.25) is 0 Å². The monoisotopic (exact) mass is 194 g/mol. The van der Waals surface area contributed by atoms with Crippen molar-refractivity contribution >= 4 is 0 Å². The lowest BCUT2D eigenvalue weighted by molar-refractivity contribution is 0.359. The van der Waals surface area contributed by atoms with Gasteiger partial charge in [-0.15, -0.1) is 0 Å². The van der Waals surface area contributed by atoms with E-state index in [1.165, 1.54) is 37.7 Å². The minimum absolute atomic E-state index is 0.0329. The van der Waals surface area contributed by atoms with Gasteiger partial charge in [-0.1, -0.05) is 24.4 Å². The molecule has 3 heteroatoms. The Labute approximate surface area is 84.7 Å². The van der Waals surface area contributed by atoms with Crippen molar-refractivity contribution in [1.29, 1.82) is 0 Å². The van der Waals surface area contributed by atoms with Crippen LogP contribution in [0.1, 0.15) is 62.3 Å². The van der Waals surface area contributed by atoms with Crippen LogP contribution in [0, 0.1) is 0 Å². The van der Waals surface area contributed by atoms with Crippen molar-refractivity contribution in [2.24, 2.45) is 5.73 Å². The summed E-state index contributed by atoms with van der Waals surface area (Å²) in [6, 6.07) is -0.0329. The van der Waals surface area contributed by atoms with Crippen LogP contribution in [0.4, 0.5) is 0 Å². The van der Waals surface area contributed by atoms with E-state index >= 15 is 0 Å². The first-order chi connectivity index (χ1) is 6.79. The standard InChI is InChI=1S/C11H18N2O/c1-8(12)11-10(7-13-14-11)9-5-3-2-4-6-9/h7-9H,2-6,12H2,1H3. The van der Waals surface area contributed by atoms with Gasteiger partial charge in [-0.25, -0.2) is 0 Å². The van der Waals surface area contributed by atoms with E-state index in [1.807, 2.05) is 13.1 Å². The molecule has 0 aromatic carbocycles. The summed E-state index contributed by atoms with van der Waals surface area (Å²) in [5.74, 6) is 1.52. The Balaban J connectivity index is 2.17. The first-order valence-electron chi connectivity index (χ1n) is 5.49. The van der Waals surface area contributed by atoms with E-state index in [9.17, 15) is 0 Å². The van der Waals surface area contributed by atoms with Crippen LogP contribution < -0.4 is 5.73 Å². The molecule has 2 N–H and O–H groups in total. The molecule has 0 amide bonds. The van der Waals surface area contributed by atoms with E-state index in [2.05, 4.69) is 5.16 Å². The number of aromatic nitrogens is 1. The fourth-order valence-corrected chi connectivity index (χ4v) is 2.32. The minimum atomic E-state index is -0.0329. The van der Waals surface area contributed by atoms with Gasteiger partial charge < -0.3 is 10.3 Å². The molecule has 0 aliphatic heterocycles. The van der Waals surface area contributed by atoms with Crippen molar-refractivity contribution in [3.8, 4) is 0 Å². The molecule has 1 saturated carbocycles. The highest BCUT2D eigenvalue weighted by molar-refractivity contribution is 5.21. The topological polar surface area (TPSA) is 52.0 Å². The zero-order valence-electron chi connectivity index (χ0n) is 8.70. The molecule has 14 heavy (non-hydrogen) atoms. The Kier molecular flexibility index (Phi) is 2.87. The van der Waals surface area contributed by atoms with Crippen LogP contribution >= 0.6 is 0 Å². The van der Waals surface area contributed by atoms with E-state index in [4.69, 9.17) is 10.3 Å². The molecule has 1 heterocycles. The summed E-state index contributed by atoms with van der Waals surface area (Å²) in [5.41, 5.74) is 7.08. The maximum absolute atomic E-state index is 5.83. The van der Waals surface area contributed by atoms with E-state index in [1.54, 1.807) is 0 Å². The van der Waals surface area contributed by atoms with E-state index in [-0.39, 0.29) is 6.04 Å². The summed E-state index contributed by atoms with van der Waals surface area (Å²) in [6.45, 7) is 1.95. The predicted octanol–water partition coefficient (Wildman–Crippen LogP) is 2.74. The molecule has 0 saturated heterocycles. The zero-order chi connectivity index (χ0) is 9.97. The van der Waals surface area contributed by atoms with Crippen LogP contribution in [0.3, 0.4) is 0 Å². The normalized spacial score (nSPS) is 21.0. The Bertz CT molecular complexity index is 287. The Morgan fingerprint density at radius 3 is 2.79 bits per heavy atom. The molecule has 1 aliphatic carbocycles. The number of hydrogen-bond acceptors (Lipinski definition) is 3. The molecule has 1 atom stereocenters. The first-order valence-corrected chi connectivity index (χ1v) is 5.49. The van der Waals surface area contributed by atoms with Crippen LogP contribution in [-0.4, -0.2) is 5.16 Å². The van der Waals surface area contributed by atoms with Gasteiger partial charge in [0.05, 0.1) is 12.2 Å². The summed E-state index contributed by atoms with van der Waals surface area (Å²) in [4.78, 5) is 0. The molecular formula is C11H18N2O. The lowest BCUT2D eigenvalue weighted by Crippen LogP contribution is -2.11. The first kappa shape index (κ1) is 9.71. The van der Waals surface area contributed by atoms with Gasteiger partial charge in [0.15, 0.2) is 5.76 Å². The molecule has 1 aliphatic rings. The van der Waals surface area contributed by atoms with Gasteiger partial charge in [0.2, 0.25) is 0 Å². The highest BCUT2D eigenvalue weighted by Gasteiger charge is 2.22. The quantitative estimate of drug-likeness (QED) is 0.787. The fraction of sp³-hybridized carbons (Fsp3) is 0.727. The summed E-state index contributed by atoms with van der Waals surface area (Å²) in [5, 5.41) is 3.86. The van der Waals surface area contributed by atoms with E-state index in [0.717, 1.165) is 5.76 Å². The molecule has 1 fully saturated rings. The summed E-state index contributed by atoms with van der Waals surface area (Å²) >= 11 is 0. The van der Waals surface area contributed by atoms with Gasteiger partial charge in [-0.2, -0.15) is 0 Å². The van der Waals surface area contributed by atoms with Crippen molar-refractivity contribution in [3.63, 3.8) is 0 Å². The van der Waals surface area contributed by atoms with Gasteiger partial charge in [-0.05, 0) is 25.7 Å². The number of nitrogens with zero attached hydrogens (tertiary/aromatic N) is 1. The minimum Gasteiger partial charge on any atom is -0.359 e. The summed E-state index contributed by atoms with van der Waals surface area (Å²) in [6.07, 6.45) is 8.41. The van der Waals surface area contributed by atoms with Crippen molar-refractivity contribution in [2.75, 3.05) is 0 Å². The molecular weight excluding hydrogens is 176 g/mol. The third-order valence-electron chi connectivity index (χ3n) is 3.09. The highest BCUT2D eigenvalue weighted by atomic mass is 16.5. The van der Waals surface area contributed by atoms with Crippen molar-refractivity contribution in [1.82, 2.24) is 5.16 Å². The van der Waals surface area contributed by atoms with E-state index in [0.29, 0.717) is 5.92 Å². The molecule has 0 bridgehead atoms. The second-order valence-corrected chi connectivity index (χ2v) is 4.27. The largest absolute Gasteiger partial charge is 0.359 e. The Morgan fingerprint density at radius 1 is 1.43 bits per heavy atom. The second kappa shape index (κ2) is 4.13. The maximum Gasteiger partial charge on any atom is 0.156 e. The van der Waals surface area contributed by atoms with Crippen LogP contribution in [-0.2, 0) is 0 Å². The van der Waals surface area contributed by atoms with Crippen molar-refractivity contribution in [3.05, 3.63) is 17.5 Å². The molecule has 78 valence electrons. The fourth-order valence-electron chi connectivity index (χ4n) is 2.32. The van der Waals surface area contributed by atoms with Crippen LogP contribution in [0.15, 0.2) is 10.7 Å². The van der Waals surface area contributed by atoms with Gasteiger partial charge in [0.25, 0.3) is 0 Å². The second-order valence-electron chi connectivity index (χ2n) is 4.27.